The lowest BCUT2D eigenvalue weighted by Gasteiger charge is -2.11. The van der Waals surface area contributed by atoms with Crippen LogP contribution in [0.3, 0.4) is 0 Å². The molecule has 0 fully saturated rings. The highest BCUT2D eigenvalue weighted by Crippen LogP contribution is 2.28. The van der Waals surface area contributed by atoms with Crippen LogP contribution in [0.15, 0.2) is 82.6 Å². The fourth-order valence-electron chi connectivity index (χ4n) is 3.19. The topological polar surface area (TPSA) is 116 Å². The number of aromatic nitrogens is 3. The molecule has 0 bridgehead atoms. The van der Waals surface area contributed by atoms with Crippen molar-refractivity contribution in [2.24, 2.45) is 5.73 Å². The van der Waals surface area contributed by atoms with Crippen LogP contribution in [-0.4, -0.2) is 32.3 Å². The van der Waals surface area contributed by atoms with Gasteiger partial charge in [-0.2, -0.15) is 0 Å². The van der Waals surface area contributed by atoms with Crippen LogP contribution in [0.1, 0.15) is 6.42 Å². The summed E-state index contributed by atoms with van der Waals surface area (Å²) in [5.41, 5.74) is 8.00. The van der Waals surface area contributed by atoms with Gasteiger partial charge in [0.1, 0.15) is 0 Å². The van der Waals surface area contributed by atoms with Crippen LogP contribution in [0.5, 0.6) is 0 Å². The van der Waals surface area contributed by atoms with Gasteiger partial charge >= 0.3 is 0 Å². The second kappa shape index (κ2) is 9.97. The zero-order valence-electron chi connectivity index (χ0n) is 17.1. The van der Waals surface area contributed by atoms with E-state index in [1.165, 1.54) is 18.0 Å². The van der Waals surface area contributed by atoms with Crippen LogP contribution in [0, 0.1) is 0 Å². The standard InChI is InChI=1S/C23H21N5O3S/c24-20(29)12-13-28-22(19-11-6-14-31-19)26-27-23(28)32-15-21(30)25-18-10-5-4-9-17(18)16-7-2-1-3-8-16/h1-11,14H,12-13,15H2,(H2,24,29)(H,25,30). The molecule has 0 spiro atoms. The average Bonchev–Trinajstić information content (AvgIpc) is 3.47. The molecule has 0 aliphatic rings. The number of hydrogen-bond acceptors (Lipinski definition) is 6. The third-order valence-electron chi connectivity index (χ3n) is 4.66. The molecule has 4 aromatic rings. The van der Waals surface area contributed by atoms with Crippen LogP contribution in [0.2, 0.25) is 0 Å². The van der Waals surface area contributed by atoms with Gasteiger partial charge in [-0.05, 0) is 23.8 Å². The summed E-state index contributed by atoms with van der Waals surface area (Å²) in [5, 5.41) is 11.8. The lowest BCUT2D eigenvalue weighted by Crippen LogP contribution is -2.17. The zero-order chi connectivity index (χ0) is 22.3. The number of carbonyl (C=O) groups is 2. The molecule has 0 unspecified atom stereocenters. The molecule has 2 heterocycles. The number of amides is 2. The Labute approximate surface area is 188 Å². The average molecular weight is 448 g/mol. The van der Waals surface area contributed by atoms with E-state index in [2.05, 4.69) is 15.5 Å². The molecule has 0 radical (unpaired) electrons. The van der Waals surface area contributed by atoms with Crippen molar-refractivity contribution < 1.29 is 14.0 Å². The predicted molar refractivity (Wildman–Crippen MR) is 123 cm³/mol. The number of primary amides is 1. The summed E-state index contributed by atoms with van der Waals surface area (Å²) in [6, 6.07) is 21.0. The summed E-state index contributed by atoms with van der Waals surface area (Å²) in [7, 11) is 0. The number of anilines is 1. The molecule has 8 nitrogen and oxygen atoms in total. The van der Waals surface area contributed by atoms with Gasteiger partial charge in [-0.15, -0.1) is 10.2 Å². The van der Waals surface area contributed by atoms with Gasteiger partial charge in [0.25, 0.3) is 0 Å². The number of carbonyl (C=O) groups excluding carboxylic acids is 2. The molecule has 32 heavy (non-hydrogen) atoms. The predicted octanol–water partition coefficient (Wildman–Crippen LogP) is 3.81. The van der Waals surface area contributed by atoms with E-state index in [4.69, 9.17) is 10.2 Å². The van der Waals surface area contributed by atoms with E-state index in [9.17, 15) is 9.59 Å². The summed E-state index contributed by atoms with van der Waals surface area (Å²) in [4.78, 5) is 24.0. The third-order valence-corrected chi connectivity index (χ3v) is 5.63. The smallest absolute Gasteiger partial charge is 0.234 e. The maximum Gasteiger partial charge on any atom is 0.234 e. The molecule has 162 valence electrons. The van der Waals surface area contributed by atoms with Crippen LogP contribution >= 0.6 is 11.8 Å². The molecule has 4 rings (SSSR count). The van der Waals surface area contributed by atoms with Crippen molar-refractivity contribution in [3.05, 3.63) is 73.0 Å². The SMILES string of the molecule is NC(=O)CCn1c(SCC(=O)Nc2ccccc2-c2ccccc2)nnc1-c1ccco1. The number of furan rings is 1. The molecule has 0 saturated heterocycles. The number of nitrogens with one attached hydrogen (secondary N) is 1. The number of benzene rings is 2. The highest BCUT2D eigenvalue weighted by molar-refractivity contribution is 7.99. The first kappa shape index (κ1) is 21.4. The normalized spacial score (nSPS) is 10.8. The largest absolute Gasteiger partial charge is 0.461 e. The summed E-state index contributed by atoms with van der Waals surface area (Å²) < 4.78 is 7.15. The van der Waals surface area contributed by atoms with Crippen molar-refractivity contribution in [2.75, 3.05) is 11.1 Å². The van der Waals surface area contributed by atoms with Gasteiger partial charge in [0.15, 0.2) is 16.7 Å². The van der Waals surface area contributed by atoms with Crippen molar-refractivity contribution in [3.63, 3.8) is 0 Å². The van der Waals surface area contributed by atoms with Crippen molar-refractivity contribution in [2.45, 2.75) is 18.1 Å². The Morgan fingerprint density at radius 2 is 1.78 bits per heavy atom. The van der Waals surface area contributed by atoms with Crippen LogP contribution in [0.25, 0.3) is 22.7 Å². The highest BCUT2D eigenvalue weighted by atomic mass is 32.2. The first-order chi connectivity index (χ1) is 15.6. The number of para-hydroxylation sites is 1. The fourth-order valence-corrected chi connectivity index (χ4v) is 3.95. The van der Waals surface area contributed by atoms with Crippen molar-refractivity contribution in [3.8, 4) is 22.7 Å². The minimum Gasteiger partial charge on any atom is -0.461 e. The van der Waals surface area contributed by atoms with E-state index in [0.717, 1.165) is 16.8 Å². The molecule has 2 aromatic carbocycles. The number of rotatable bonds is 9. The zero-order valence-corrected chi connectivity index (χ0v) is 17.9. The number of nitrogens with two attached hydrogens (primary N) is 1. The Kier molecular flexibility index (Phi) is 6.66. The number of hydrogen-bond donors (Lipinski definition) is 2. The molecular weight excluding hydrogens is 426 g/mol. The van der Waals surface area contributed by atoms with Gasteiger partial charge in [0, 0.05) is 24.2 Å². The summed E-state index contributed by atoms with van der Waals surface area (Å²) in [6.45, 7) is 0.291. The van der Waals surface area contributed by atoms with E-state index in [1.807, 2.05) is 54.6 Å². The maximum absolute atomic E-state index is 12.7. The number of nitrogens with zero attached hydrogens (tertiary/aromatic N) is 3. The Morgan fingerprint density at radius 1 is 1.00 bits per heavy atom. The van der Waals surface area contributed by atoms with E-state index in [0.29, 0.717) is 23.3 Å². The third kappa shape index (κ3) is 5.06. The maximum atomic E-state index is 12.7. The quantitative estimate of drug-likeness (QED) is 0.377. The summed E-state index contributed by atoms with van der Waals surface area (Å²) >= 11 is 1.23. The van der Waals surface area contributed by atoms with Crippen LogP contribution in [-0.2, 0) is 16.1 Å². The fraction of sp³-hybridized carbons (Fsp3) is 0.130. The number of thioether (sulfide) groups is 1. The minimum atomic E-state index is -0.435. The molecule has 3 N–H and O–H groups in total. The first-order valence-electron chi connectivity index (χ1n) is 9.94. The Bertz CT molecular complexity index is 1210. The monoisotopic (exact) mass is 447 g/mol. The van der Waals surface area contributed by atoms with E-state index in [-0.39, 0.29) is 18.1 Å². The van der Waals surface area contributed by atoms with E-state index < -0.39 is 5.91 Å². The Balaban J connectivity index is 1.48. The van der Waals surface area contributed by atoms with Gasteiger partial charge < -0.3 is 15.5 Å². The Hall–Kier alpha value is -3.85. The Morgan fingerprint density at radius 3 is 2.53 bits per heavy atom. The van der Waals surface area contributed by atoms with Crippen molar-refractivity contribution in [1.82, 2.24) is 14.8 Å². The summed E-state index contributed by atoms with van der Waals surface area (Å²) in [6.07, 6.45) is 1.66. The molecule has 0 saturated carbocycles. The van der Waals surface area contributed by atoms with Crippen molar-refractivity contribution in [1.29, 1.82) is 0 Å². The molecule has 0 atom stereocenters. The molecule has 2 aromatic heterocycles. The highest BCUT2D eigenvalue weighted by Gasteiger charge is 2.18. The molecule has 2 amide bonds. The molecule has 0 aliphatic heterocycles. The molecule has 9 heteroatoms. The van der Waals surface area contributed by atoms with E-state index >= 15 is 0 Å². The van der Waals surface area contributed by atoms with Gasteiger partial charge in [-0.1, -0.05) is 60.3 Å². The molecular formula is C23H21N5O3S. The van der Waals surface area contributed by atoms with Crippen LogP contribution in [0.4, 0.5) is 5.69 Å². The van der Waals surface area contributed by atoms with Gasteiger partial charge in [-0.3, -0.25) is 14.2 Å². The second-order valence-corrected chi connectivity index (χ2v) is 7.84. The molecule has 0 aliphatic carbocycles. The van der Waals surface area contributed by atoms with Gasteiger partial charge in [-0.25, -0.2) is 0 Å². The lowest BCUT2D eigenvalue weighted by molar-refractivity contribution is -0.118. The van der Waals surface area contributed by atoms with E-state index in [1.54, 1.807) is 16.7 Å². The minimum absolute atomic E-state index is 0.121. The van der Waals surface area contributed by atoms with Gasteiger partial charge in [0.2, 0.25) is 11.8 Å². The second-order valence-electron chi connectivity index (χ2n) is 6.90. The first-order valence-corrected chi connectivity index (χ1v) is 10.9. The summed E-state index contributed by atoms with van der Waals surface area (Å²) in [5.74, 6) is 0.511. The van der Waals surface area contributed by atoms with Gasteiger partial charge in [0.05, 0.1) is 12.0 Å². The lowest BCUT2D eigenvalue weighted by atomic mass is 10.0. The van der Waals surface area contributed by atoms with Crippen molar-refractivity contribution >= 4 is 29.3 Å². The van der Waals surface area contributed by atoms with Crippen LogP contribution < -0.4 is 11.1 Å².